The smallest absolute Gasteiger partial charge is 0.0857 e. The van der Waals surface area contributed by atoms with Gasteiger partial charge in [0.05, 0.1) is 25.5 Å². The van der Waals surface area contributed by atoms with Crippen molar-refractivity contribution in [1.82, 2.24) is 15.0 Å². The predicted octanol–water partition coefficient (Wildman–Crippen LogP) is 0.536. The third-order valence-electron chi connectivity index (χ3n) is 3.39. The summed E-state index contributed by atoms with van der Waals surface area (Å²) in [5.41, 5.74) is 0.523. The van der Waals surface area contributed by atoms with Crippen molar-refractivity contribution >= 4 is 0 Å². The zero-order chi connectivity index (χ0) is 11.6. The second-order valence-electron chi connectivity index (χ2n) is 5.10. The molecule has 0 unspecified atom stereocenters. The summed E-state index contributed by atoms with van der Waals surface area (Å²) in [4.78, 5) is 0. The molecule has 0 aliphatic heterocycles. The first kappa shape index (κ1) is 11.5. The quantitative estimate of drug-likeness (QED) is 0.767. The maximum absolute atomic E-state index is 9.20. The first-order valence-electron chi connectivity index (χ1n) is 5.78. The molecule has 2 rings (SSSR count). The van der Waals surface area contributed by atoms with Crippen molar-refractivity contribution in [2.45, 2.75) is 38.6 Å². The topological polar surface area (TPSA) is 71.2 Å². The minimum atomic E-state index is -0.523. The Bertz CT molecular complexity index is 343. The summed E-state index contributed by atoms with van der Waals surface area (Å²) in [5, 5.41) is 26.6. The van der Waals surface area contributed by atoms with Crippen LogP contribution < -0.4 is 0 Å². The van der Waals surface area contributed by atoms with E-state index in [4.69, 9.17) is 0 Å². The zero-order valence-electron chi connectivity index (χ0n) is 9.63. The first-order chi connectivity index (χ1) is 7.67. The SMILES string of the molecule is CC(CO)(CO)Cn1cc(C2CCC2)nn1. The fourth-order valence-electron chi connectivity index (χ4n) is 1.82. The van der Waals surface area contributed by atoms with Gasteiger partial charge in [-0.1, -0.05) is 18.6 Å². The Morgan fingerprint density at radius 3 is 2.62 bits per heavy atom. The highest BCUT2D eigenvalue weighted by molar-refractivity contribution is 5.05. The van der Waals surface area contributed by atoms with Crippen molar-refractivity contribution in [2.24, 2.45) is 5.41 Å². The fraction of sp³-hybridized carbons (Fsp3) is 0.818. The Morgan fingerprint density at radius 1 is 1.44 bits per heavy atom. The normalized spacial score (nSPS) is 17.4. The van der Waals surface area contributed by atoms with E-state index in [2.05, 4.69) is 10.3 Å². The Kier molecular flexibility index (Phi) is 3.25. The van der Waals surface area contributed by atoms with Crippen molar-refractivity contribution < 1.29 is 10.2 Å². The Hall–Kier alpha value is -0.940. The summed E-state index contributed by atoms with van der Waals surface area (Å²) in [6.07, 6.45) is 5.63. The molecule has 0 aromatic carbocycles. The van der Waals surface area contributed by atoms with E-state index in [9.17, 15) is 10.2 Å². The van der Waals surface area contributed by atoms with E-state index < -0.39 is 5.41 Å². The van der Waals surface area contributed by atoms with E-state index in [-0.39, 0.29) is 13.2 Å². The van der Waals surface area contributed by atoms with Crippen LogP contribution in [0.25, 0.3) is 0 Å². The van der Waals surface area contributed by atoms with Crippen molar-refractivity contribution in [1.29, 1.82) is 0 Å². The molecule has 0 bridgehead atoms. The summed E-state index contributed by atoms with van der Waals surface area (Å²) in [6.45, 7) is 2.22. The van der Waals surface area contributed by atoms with Gasteiger partial charge in [0.2, 0.25) is 0 Å². The number of aliphatic hydroxyl groups is 2. The average Bonchev–Trinajstić information content (AvgIpc) is 2.63. The van der Waals surface area contributed by atoms with Gasteiger partial charge in [-0.05, 0) is 12.8 Å². The van der Waals surface area contributed by atoms with Crippen LogP contribution in [0.15, 0.2) is 6.20 Å². The number of hydrogen-bond donors (Lipinski definition) is 2. The molecule has 1 aromatic rings. The van der Waals surface area contributed by atoms with Crippen LogP contribution >= 0.6 is 0 Å². The van der Waals surface area contributed by atoms with Gasteiger partial charge in [-0.3, -0.25) is 4.68 Å². The molecule has 2 N–H and O–H groups in total. The van der Waals surface area contributed by atoms with Crippen molar-refractivity contribution in [3.05, 3.63) is 11.9 Å². The Morgan fingerprint density at radius 2 is 2.12 bits per heavy atom. The van der Waals surface area contributed by atoms with E-state index in [0.29, 0.717) is 12.5 Å². The highest BCUT2D eigenvalue weighted by atomic mass is 16.3. The Balaban J connectivity index is 2.01. The van der Waals surface area contributed by atoms with Crippen LogP contribution in [0.1, 0.15) is 37.8 Å². The summed E-state index contributed by atoms with van der Waals surface area (Å²) in [7, 11) is 0. The molecule has 1 fully saturated rings. The van der Waals surface area contributed by atoms with Crippen molar-refractivity contribution in [2.75, 3.05) is 13.2 Å². The van der Waals surface area contributed by atoms with E-state index in [1.54, 1.807) is 4.68 Å². The number of aliphatic hydroxyl groups excluding tert-OH is 2. The van der Waals surface area contributed by atoms with Gasteiger partial charge >= 0.3 is 0 Å². The van der Waals surface area contributed by atoms with Crippen molar-refractivity contribution in [3.63, 3.8) is 0 Å². The van der Waals surface area contributed by atoms with E-state index in [1.807, 2.05) is 13.1 Å². The maximum atomic E-state index is 9.20. The average molecular weight is 225 g/mol. The summed E-state index contributed by atoms with van der Waals surface area (Å²) >= 11 is 0. The van der Waals surface area contributed by atoms with Gasteiger partial charge in [0.15, 0.2) is 0 Å². The van der Waals surface area contributed by atoms with Crippen LogP contribution in [0.5, 0.6) is 0 Å². The molecule has 1 aliphatic rings. The van der Waals surface area contributed by atoms with Crippen LogP contribution in [0.2, 0.25) is 0 Å². The Labute approximate surface area is 95.1 Å². The van der Waals surface area contributed by atoms with Gasteiger partial charge in [-0.15, -0.1) is 5.10 Å². The van der Waals surface area contributed by atoms with Crippen LogP contribution in [-0.4, -0.2) is 38.4 Å². The minimum Gasteiger partial charge on any atom is -0.396 e. The second kappa shape index (κ2) is 4.51. The number of nitrogens with zero attached hydrogens (tertiary/aromatic N) is 3. The molecule has 0 radical (unpaired) electrons. The predicted molar refractivity (Wildman–Crippen MR) is 58.9 cm³/mol. The number of rotatable bonds is 5. The lowest BCUT2D eigenvalue weighted by atomic mass is 9.83. The monoisotopic (exact) mass is 225 g/mol. The van der Waals surface area contributed by atoms with Crippen LogP contribution in [0, 0.1) is 5.41 Å². The van der Waals surface area contributed by atoms with Gasteiger partial charge in [0.1, 0.15) is 0 Å². The van der Waals surface area contributed by atoms with Crippen LogP contribution in [0.3, 0.4) is 0 Å². The summed E-state index contributed by atoms with van der Waals surface area (Å²) < 4.78 is 1.72. The van der Waals surface area contributed by atoms with E-state index in [0.717, 1.165) is 5.69 Å². The number of hydrogen-bond acceptors (Lipinski definition) is 4. The third-order valence-corrected chi connectivity index (χ3v) is 3.39. The van der Waals surface area contributed by atoms with E-state index in [1.165, 1.54) is 19.3 Å². The number of aromatic nitrogens is 3. The lowest BCUT2D eigenvalue weighted by molar-refractivity contribution is 0.0519. The highest BCUT2D eigenvalue weighted by Crippen LogP contribution is 2.34. The molecule has 5 heteroatoms. The van der Waals surface area contributed by atoms with E-state index >= 15 is 0 Å². The molecule has 0 saturated heterocycles. The molecule has 1 aromatic heterocycles. The van der Waals surface area contributed by atoms with Crippen LogP contribution in [0.4, 0.5) is 0 Å². The molecule has 1 aliphatic carbocycles. The molecular formula is C11H19N3O2. The standard InChI is InChI=1S/C11H19N3O2/c1-11(7-15,8-16)6-14-5-10(12-13-14)9-3-2-4-9/h5,9,15-16H,2-4,6-8H2,1H3. The molecule has 0 amide bonds. The summed E-state index contributed by atoms with van der Waals surface area (Å²) in [6, 6.07) is 0. The van der Waals surface area contributed by atoms with Gasteiger partial charge in [0, 0.05) is 17.5 Å². The molecule has 90 valence electrons. The third kappa shape index (κ3) is 2.25. The molecule has 1 saturated carbocycles. The lowest BCUT2D eigenvalue weighted by Gasteiger charge is -2.24. The first-order valence-corrected chi connectivity index (χ1v) is 5.78. The molecule has 1 heterocycles. The zero-order valence-corrected chi connectivity index (χ0v) is 9.63. The molecular weight excluding hydrogens is 206 g/mol. The summed E-state index contributed by atoms with van der Waals surface area (Å²) in [5.74, 6) is 0.572. The molecule has 16 heavy (non-hydrogen) atoms. The fourth-order valence-corrected chi connectivity index (χ4v) is 1.82. The molecule has 5 nitrogen and oxygen atoms in total. The van der Waals surface area contributed by atoms with Crippen molar-refractivity contribution in [3.8, 4) is 0 Å². The molecule has 0 spiro atoms. The van der Waals surface area contributed by atoms with Gasteiger partial charge in [-0.25, -0.2) is 0 Å². The minimum absolute atomic E-state index is 0.0535. The lowest BCUT2D eigenvalue weighted by Crippen LogP contribution is -2.31. The molecule has 0 atom stereocenters. The van der Waals surface area contributed by atoms with Crippen LogP contribution in [-0.2, 0) is 6.54 Å². The maximum Gasteiger partial charge on any atom is 0.0857 e. The van der Waals surface area contributed by atoms with Gasteiger partial charge in [0.25, 0.3) is 0 Å². The van der Waals surface area contributed by atoms with Gasteiger partial charge in [-0.2, -0.15) is 0 Å². The van der Waals surface area contributed by atoms with Gasteiger partial charge < -0.3 is 10.2 Å². The second-order valence-corrected chi connectivity index (χ2v) is 5.10. The highest BCUT2D eigenvalue weighted by Gasteiger charge is 2.26. The largest absolute Gasteiger partial charge is 0.396 e.